The van der Waals surface area contributed by atoms with Crippen molar-refractivity contribution in [3.05, 3.63) is 68.0 Å². The number of aromatic nitrogens is 3. The summed E-state index contributed by atoms with van der Waals surface area (Å²) in [5.74, 6) is -1.69. The fourth-order valence-corrected chi connectivity index (χ4v) is 5.14. The number of carbonyl (C=O) groups is 2. The molecule has 2 amide bonds. The molecule has 10 nitrogen and oxygen atoms in total. The topological polar surface area (TPSA) is 146 Å². The smallest absolute Gasteiger partial charge is 0.365 e. The van der Waals surface area contributed by atoms with E-state index in [4.69, 9.17) is 5.73 Å². The first-order chi connectivity index (χ1) is 17.7. The number of thiophene rings is 1. The predicted molar refractivity (Wildman–Crippen MR) is 135 cm³/mol. The SMILES string of the molecule is Cc1ccc(-c2cc(C(F)(F)F)nc3sc(C(N)=O)c(NC(=O)C(C)n4nc(C)c([N+](=O)[O-])c4C)c23)cc1. The first-order valence-corrected chi connectivity index (χ1v) is 11.9. The molecule has 1 unspecified atom stereocenters. The van der Waals surface area contributed by atoms with E-state index in [0.29, 0.717) is 16.9 Å². The Labute approximate surface area is 217 Å². The van der Waals surface area contributed by atoms with Crippen molar-refractivity contribution in [2.75, 3.05) is 5.32 Å². The normalized spacial score (nSPS) is 12.5. The zero-order valence-corrected chi connectivity index (χ0v) is 21.3. The lowest BCUT2D eigenvalue weighted by molar-refractivity contribution is -0.386. The summed E-state index contributed by atoms with van der Waals surface area (Å²) < 4.78 is 42.3. The fraction of sp³-hybridized carbons (Fsp3) is 0.250. The Kier molecular flexibility index (Phi) is 6.69. The average Bonchev–Trinajstić information content (AvgIpc) is 3.34. The van der Waals surface area contributed by atoms with Gasteiger partial charge in [0.1, 0.15) is 32.8 Å². The highest BCUT2D eigenvalue weighted by Gasteiger charge is 2.35. The van der Waals surface area contributed by atoms with Crippen LogP contribution < -0.4 is 11.1 Å². The van der Waals surface area contributed by atoms with Gasteiger partial charge in [0.25, 0.3) is 5.91 Å². The van der Waals surface area contributed by atoms with Gasteiger partial charge in [0.05, 0.1) is 10.6 Å². The molecule has 4 aromatic rings. The Bertz CT molecular complexity index is 1610. The summed E-state index contributed by atoms with van der Waals surface area (Å²) in [6.45, 7) is 6.13. The number of benzene rings is 1. The Balaban J connectivity index is 1.90. The molecule has 38 heavy (non-hydrogen) atoms. The number of hydrogen-bond donors (Lipinski definition) is 2. The second-order valence-electron chi connectivity index (χ2n) is 8.66. The number of nitrogens with one attached hydrogen (secondary N) is 1. The number of hydrogen-bond acceptors (Lipinski definition) is 7. The van der Waals surface area contributed by atoms with E-state index in [-0.39, 0.29) is 43.4 Å². The van der Waals surface area contributed by atoms with Crippen LogP contribution in [0.25, 0.3) is 21.3 Å². The molecule has 3 heterocycles. The molecule has 0 radical (unpaired) electrons. The summed E-state index contributed by atoms with van der Waals surface area (Å²) in [5.41, 5.74) is 5.64. The van der Waals surface area contributed by atoms with Gasteiger partial charge >= 0.3 is 11.9 Å². The van der Waals surface area contributed by atoms with Crippen LogP contribution in [0.4, 0.5) is 24.5 Å². The molecule has 3 aromatic heterocycles. The summed E-state index contributed by atoms with van der Waals surface area (Å²) in [4.78, 5) is 39.8. The fourth-order valence-electron chi connectivity index (χ4n) is 4.13. The Morgan fingerprint density at radius 3 is 2.34 bits per heavy atom. The molecule has 1 atom stereocenters. The summed E-state index contributed by atoms with van der Waals surface area (Å²) in [7, 11) is 0. The van der Waals surface area contributed by atoms with Gasteiger partial charge in [0.2, 0.25) is 5.91 Å². The molecule has 0 saturated heterocycles. The molecule has 3 N–H and O–H groups in total. The number of amides is 2. The summed E-state index contributed by atoms with van der Waals surface area (Å²) >= 11 is 0.625. The minimum absolute atomic E-state index is 0.0933. The lowest BCUT2D eigenvalue weighted by Gasteiger charge is -2.16. The minimum atomic E-state index is -4.77. The molecule has 4 rings (SSSR count). The highest BCUT2D eigenvalue weighted by molar-refractivity contribution is 7.21. The van der Waals surface area contributed by atoms with Crippen molar-refractivity contribution >= 4 is 44.7 Å². The predicted octanol–water partition coefficient (Wildman–Crippen LogP) is 5.31. The lowest BCUT2D eigenvalue weighted by Crippen LogP contribution is -2.26. The molecule has 1 aromatic carbocycles. The van der Waals surface area contributed by atoms with Crippen molar-refractivity contribution in [1.29, 1.82) is 0 Å². The van der Waals surface area contributed by atoms with Gasteiger partial charge in [-0.2, -0.15) is 18.3 Å². The number of aryl methyl sites for hydroxylation is 2. The molecule has 0 bridgehead atoms. The molecule has 0 fully saturated rings. The third kappa shape index (κ3) is 4.69. The van der Waals surface area contributed by atoms with Crippen molar-refractivity contribution in [3.63, 3.8) is 0 Å². The third-order valence-corrected chi connectivity index (χ3v) is 7.10. The van der Waals surface area contributed by atoms with Gasteiger partial charge in [-0.3, -0.25) is 24.4 Å². The van der Waals surface area contributed by atoms with Crippen molar-refractivity contribution < 1.29 is 27.7 Å². The molecular formula is C24H21F3N6O4S. The maximum atomic E-state index is 13.7. The number of halogens is 3. The van der Waals surface area contributed by atoms with Crippen LogP contribution in [0.3, 0.4) is 0 Å². The quantitative estimate of drug-likeness (QED) is 0.248. The van der Waals surface area contributed by atoms with Crippen molar-refractivity contribution in [2.45, 2.75) is 39.9 Å². The van der Waals surface area contributed by atoms with E-state index in [1.165, 1.54) is 25.5 Å². The van der Waals surface area contributed by atoms with Gasteiger partial charge in [-0.25, -0.2) is 4.98 Å². The number of rotatable bonds is 6. The van der Waals surface area contributed by atoms with E-state index in [0.717, 1.165) is 11.6 Å². The van der Waals surface area contributed by atoms with Crippen molar-refractivity contribution in [3.8, 4) is 11.1 Å². The third-order valence-electron chi connectivity index (χ3n) is 6.00. The monoisotopic (exact) mass is 546 g/mol. The van der Waals surface area contributed by atoms with Crippen molar-refractivity contribution in [1.82, 2.24) is 14.8 Å². The van der Waals surface area contributed by atoms with E-state index in [1.807, 2.05) is 6.92 Å². The largest absolute Gasteiger partial charge is 0.433 e. The van der Waals surface area contributed by atoms with Gasteiger partial charge < -0.3 is 11.1 Å². The first-order valence-electron chi connectivity index (χ1n) is 11.1. The van der Waals surface area contributed by atoms with Crippen LogP contribution in [0.2, 0.25) is 0 Å². The lowest BCUT2D eigenvalue weighted by atomic mass is 10.00. The van der Waals surface area contributed by atoms with Crippen LogP contribution in [0, 0.1) is 30.9 Å². The van der Waals surface area contributed by atoms with E-state index >= 15 is 0 Å². The number of primary amides is 1. The Morgan fingerprint density at radius 1 is 1.18 bits per heavy atom. The van der Waals surface area contributed by atoms with Gasteiger partial charge in [-0.15, -0.1) is 11.3 Å². The standard InChI is InChI=1S/C24H21F3N6O4S/c1-10-5-7-14(8-6-10)15-9-16(24(25,26)27)29-23-17(15)18(20(38-23)21(28)34)30-22(35)13(4)32-12(3)19(33(36)37)11(2)31-32/h5-9,13H,1-4H3,(H2,28,34)(H,30,35). The van der Waals surface area contributed by atoms with E-state index in [1.54, 1.807) is 24.3 Å². The molecule has 198 valence electrons. The first kappa shape index (κ1) is 26.7. The number of nitro groups is 1. The molecule has 0 aliphatic carbocycles. The maximum Gasteiger partial charge on any atom is 0.433 e. The molecule has 0 spiro atoms. The number of fused-ring (bicyclic) bond motifs is 1. The zero-order valence-electron chi connectivity index (χ0n) is 20.5. The molecular weight excluding hydrogens is 525 g/mol. The van der Waals surface area contributed by atoms with E-state index in [2.05, 4.69) is 15.4 Å². The number of pyridine rings is 1. The number of carbonyl (C=O) groups excluding carboxylic acids is 2. The van der Waals surface area contributed by atoms with Crippen LogP contribution in [-0.2, 0) is 11.0 Å². The van der Waals surface area contributed by atoms with E-state index in [9.17, 15) is 32.9 Å². The van der Waals surface area contributed by atoms with Crippen LogP contribution in [0.5, 0.6) is 0 Å². The van der Waals surface area contributed by atoms with E-state index < -0.39 is 34.6 Å². The van der Waals surface area contributed by atoms with Crippen LogP contribution in [0.15, 0.2) is 30.3 Å². The zero-order chi connectivity index (χ0) is 28.1. The average molecular weight is 547 g/mol. The van der Waals surface area contributed by atoms with Crippen LogP contribution in [0.1, 0.15) is 45.3 Å². The molecule has 0 aliphatic heterocycles. The number of anilines is 1. The minimum Gasteiger partial charge on any atom is -0.365 e. The summed E-state index contributed by atoms with van der Waals surface area (Å²) in [5, 5.41) is 18.2. The molecule has 0 aliphatic rings. The Morgan fingerprint density at radius 2 is 1.82 bits per heavy atom. The molecule has 0 saturated carbocycles. The maximum absolute atomic E-state index is 13.7. The Hall–Kier alpha value is -4.33. The highest BCUT2D eigenvalue weighted by Crippen LogP contribution is 2.44. The number of nitrogens with two attached hydrogens (primary N) is 1. The van der Waals surface area contributed by atoms with Gasteiger partial charge in [-0.05, 0) is 44.9 Å². The van der Waals surface area contributed by atoms with Crippen molar-refractivity contribution in [2.24, 2.45) is 5.73 Å². The summed E-state index contributed by atoms with van der Waals surface area (Å²) in [6, 6.07) is 6.44. The van der Waals surface area contributed by atoms with Gasteiger partial charge in [-0.1, -0.05) is 29.8 Å². The second-order valence-corrected chi connectivity index (χ2v) is 9.65. The highest BCUT2D eigenvalue weighted by atomic mass is 32.1. The van der Waals surface area contributed by atoms with Crippen LogP contribution in [-0.4, -0.2) is 31.5 Å². The van der Waals surface area contributed by atoms with Crippen LogP contribution >= 0.6 is 11.3 Å². The number of alkyl halides is 3. The van der Waals surface area contributed by atoms with Gasteiger partial charge in [0, 0.05) is 5.39 Å². The molecule has 14 heteroatoms. The summed E-state index contributed by atoms with van der Waals surface area (Å²) in [6.07, 6.45) is -4.77. The second kappa shape index (κ2) is 9.52. The number of nitrogens with zero attached hydrogens (tertiary/aromatic N) is 4. The van der Waals surface area contributed by atoms with Gasteiger partial charge in [0.15, 0.2) is 0 Å².